The fraction of sp³-hybridized carbons (Fsp3) is 0.421. The number of piperidine rings is 1. The zero-order valence-electron chi connectivity index (χ0n) is 14.3. The number of nitrogens with zero attached hydrogens (tertiary/aromatic N) is 5. The Labute approximate surface area is 142 Å². The Bertz CT molecular complexity index is 840. The van der Waals surface area contributed by atoms with E-state index in [2.05, 4.69) is 34.0 Å². The quantitative estimate of drug-likeness (QED) is 0.741. The second-order valence-electron chi connectivity index (χ2n) is 6.71. The molecule has 0 N–H and O–H groups in total. The molecule has 4 rings (SSSR count). The minimum atomic E-state index is 0.438. The van der Waals surface area contributed by atoms with E-state index in [0.29, 0.717) is 6.04 Å². The molecule has 1 aliphatic heterocycles. The molecule has 5 heteroatoms. The van der Waals surface area contributed by atoms with Gasteiger partial charge in [-0.1, -0.05) is 12.5 Å². The van der Waals surface area contributed by atoms with Crippen molar-refractivity contribution in [3.05, 3.63) is 59.3 Å². The Hall–Kier alpha value is -2.27. The van der Waals surface area contributed by atoms with Crippen LogP contribution in [0.4, 0.5) is 0 Å². The van der Waals surface area contributed by atoms with Crippen LogP contribution in [0.2, 0.25) is 0 Å². The summed E-state index contributed by atoms with van der Waals surface area (Å²) < 4.78 is 1.95. The van der Waals surface area contributed by atoms with Crippen molar-refractivity contribution in [2.75, 3.05) is 6.54 Å². The molecule has 0 amide bonds. The lowest BCUT2D eigenvalue weighted by molar-refractivity contribution is 0.140. The third kappa shape index (κ3) is 2.80. The molecule has 3 aromatic rings. The van der Waals surface area contributed by atoms with Gasteiger partial charge in [0.15, 0.2) is 5.65 Å². The van der Waals surface area contributed by atoms with Crippen molar-refractivity contribution >= 4 is 5.65 Å². The molecule has 0 aromatic carbocycles. The summed E-state index contributed by atoms with van der Waals surface area (Å²) in [6.07, 6.45) is 9.55. The zero-order valence-corrected chi connectivity index (χ0v) is 14.3. The summed E-state index contributed by atoms with van der Waals surface area (Å²) >= 11 is 0. The Morgan fingerprint density at radius 1 is 1.21 bits per heavy atom. The van der Waals surface area contributed by atoms with Crippen molar-refractivity contribution in [2.45, 2.75) is 45.7 Å². The summed E-state index contributed by atoms with van der Waals surface area (Å²) in [5.41, 5.74) is 5.69. The van der Waals surface area contributed by atoms with E-state index >= 15 is 0 Å². The van der Waals surface area contributed by atoms with Crippen LogP contribution in [0.1, 0.15) is 47.8 Å². The molecule has 0 spiro atoms. The van der Waals surface area contributed by atoms with Crippen molar-refractivity contribution < 1.29 is 0 Å². The second-order valence-corrected chi connectivity index (χ2v) is 6.71. The van der Waals surface area contributed by atoms with Crippen molar-refractivity contribution in [2.24, 2.45) is 0 Å². The number of aromatic nitrogens is 4. The van der Waals surface area contributed by atoms with Gasteiger partial charge in [0.2, 0.25) is 0 Å². The molecule has 5 nitrogen and oxygen atoms in total. The van der Waals surface area contributed by atoms with Crippen LogP contribution in [-0.4, -0.2) is 31.0 Å². The fourth-order valence-electron chi connectivity index (χ4n) is 3.78. The Morgan fingerprint density at radius 3 is 2.96 bits per heavy atom. The second kappa shape index (κ2) is 6.32. The Morgan fingerprint density at radius 2 is 2.12 bits per heavy atom. The molecule has 1 saturated heterocycles. The third-order valence-electron chi connectivity index (χ3n) is 4.91. The normalized spacial score (nSPS) is 19.0. The van der Waals surface area contributed by atoms with Crippen molar-refractivity contribution in [3.8, 4) is 0 Å². The molecule has 3 aromatic heterocycles. The van der Waals surface area contributed by atoms with Gasteiger partial charge in [-0.25, -0.2) is 9.50 Å². The highest BCUT2D eigenvalue weighted by molar-refractivity contribution is 5.48. The highest BCUT2D eigenvalue weighted by Crippen LogP contribution is 2.32. The predicted octanol–water partition coefficient (Wildman–Crippen LogP) is 3.47. The number of hydrogen-bond acceptors (Lipinski definition) is 4. The van der Waals surface area contributed by atoms with Crippen LogP contribution in [0.15, 0.2) is 36.8 Å². The minimum Gasteiger partial charge on any atom is -0.292 e. The molecule has 0 aliphatic carbocycles. The van der Waals surface area contributed by atoms with Gasteiger partial charge in [-0.05, 0) is 50.9 Å². The molecular weight excluding hydrogens is 298 g/mol. The molecule has 124 valence electrons. The molecule has 1 fully saturated rings. The van der Waals surface area contributed by atoms with Gasteiger partial charge >= 0.3 is 0 Å². The molecule has 0 unspecified atom stereocenters. The number of hydrogen-bond donors (Lipinski definition) is 0. The van der Waals surface area contributed by atoms with Gasteiger partial charge in [0.25, 0.3) is 0 Å². The van der Waals surface area contributed by atoms with Gasteiger partial charge < -0.3 is 0 Å². The van der Waals surface area contributed by atoms with E-state index in [-0.39, 0.29) is 0 Å². The predicted molar refractivity (Wildman–Crippen MR) is 93.7 cm³/mol. The minimum absolute atomic E-state index is 0.438. The fourth-order valence-corrected chi connectivity index (χ4v) is 3.78. The van der Waals surface area contributed by atoms with Gasteiger partial charge in [-0.3, -0.25) is 9.88 Å². The first-order valence-electron chi connectivity index (χ1n) is 8.67. The van der Waals surface area contributed by atoms with Crippen LogP contribution < -0.4 is 0 Å². The first-order valence-corrected chi connectivity index (χ1v) is 8.67. The van der Waals surface area contributed by atoms with Crippen LogP contribution in [0.25, 0.3) is 5.65 Å². The number of pyridine rings is 1. The maximum absolute atomic E-state index is 4.72. The highest BCUT2D eigenvalue weighted by atomic mass is 15.3. The average molecular weight is 321 g/mol. The van der Waals surface area contributed by atoms with E-state index in [9.17, 15) is 0 Å². The van der Waals surface area contributed by atoms with Crippen LogP contribution in [-0.2, 0) is 6.54 Å². The summed E-state index contributed by atoms with van der Waals surface area (Å²) in [5, 5.41) is 4.54. The first kappa shape index (κ1) is 15.3. The van der Waals surface area contributed by atoms with Crippen molar-refractivity contribution in [3.63, 3.8) is 0 Å². The van der Waals surface area contributed by atoms with E-state index in [1.807, 2.05) is 36.1 Å². The number of likely N-dealkylation sites (tertiary alicyclic amines) is 1. The van der Waals surface area contributed by atoms with Gasteiger partial charge in [0, 0.05) is 41.9 Å². The summed E-state index contributed by atoms with van der Waals surface area (Å²) in [5.74, 6) is 0. The average Bonchev–Trinajstić information content (AvgIpc) is 2.99. The Balaban J connectivity index is 1.66. The lowest BCUT2D eigenvalue weighted by Crippen LogP contribution is -2.33. The van der Waals surface area contributed by atoms with Gasteiger partial charge in [0.05, 0.1) is 6.20 Å². The lowest BCUT2D eigenvalue weighted by Gasteiger charge is -2.35. The van der Waals surface area contributed by atoms with E-state index in [1.165, 1.54) is 30.4 Å². The van der Waals surface area contributed by atoms with Crippen LogP contribution in [0, 0.1) is 13.8 Å². The molecule has 0 saturated carbocycles. The molecule has 1 atom stereocenters. The Kier molecular flexibility index (Phi) is 4.02. The summed E-state index contributed by atoms with van der Waals surface area (Å²) in [6.45, 7) is 6.13. The number of aryl methyl sites for hydroxylation is 2. The molecule has 1 aliphatic rings. The number of fused-ring (bicyclic) bond motifs is 1. The SMILES string of the molecule is Cc1cc(C)n2ncc(CN3CCCC[C@H]3c3cccnc3)c2n1. The smallest absolute Gasteiger partial charge is 0.159 e. The molecule has 0 radical (unpaired) electrons. The maximum Gasteiger partial charge on any atom is 0.159 e. The summed E-state index contributed by atoms with van der Waals surface area (Å²) in [4.78, 5) is 11.6. The lowest BCUT2D eigenvalue weighted by atomic mass is 9.96. The van der Waals surface area contributed by atoms with Gasteiger partial charge in [0.1, 0.15) is 0 Å². The summed E-state index contributed by atoms with van der Waals surface area (Å²) in [6, 6.07) is 6.74. The molecule has 4 heterocycles. The van der Waals surface area contributed by atoms with E-state index in [4.69, 9.17) is 4.98 Å². The number of rotatable bonds is 3. The topological polar surface area (TPSA) is 46.3 Å². The van der Waals surface area contributed by atoms with Crippen molar-refractivity contribution in [1.82, 2.24) is 24.5 Å². The first-order chi connectivity index (χ1) is 11.7. The van der Waals surface area contributed by atoms with Gasteiger partial charge in [-0.2, -0.15) is 5.10 Å². The maximum atomic E-state index is 4.72. The largest absolute Gasteiger partial charge is 0.292 e. The molecule has 0 bridgehead atoms. The molecular formula is C19H23N5. The van der Waals surface area contributed by atoms with Gasteiger partial charge in [-0.15, -0.1) is 0 Å². The molecule has 24 heavy (non-hydrogen) atoms. The van der Waals surface area contributed by atoms with E-state index in [1.54, 1.807) is 0 Å². The zero-order chi connectivity index (χ0) is 16.5. The van der Waals surface area contributed by atoms with E-state index in [0.717, 1.165) is 30.1 Å². The van der Waals surface area contributed by atoms with Crippen LogP contribution >= 0.6 is 0 Å². The third-order valence-corrected chi connectivity index (χ3v) is 4.91. The van der Waals surface area contributed by atoms with Crippen LogP contribution in [0.3, 0.4) is 0 Å². The van der Waals surface area contributed by atoms with Crippen LogP contribution in [0.5, 0.6) is 0 Å². The van der Waals surface area contributed by atoms with E-state index < -0.39 is 0 Å². The monoisotopic (exact) mass is 321 g/mol. The highest BCUT2D eigenvalue weighted by Gasteiger charge is 2.25. The standard InChI is InChI=1S/C19H23N5/c1-14-10-15(2)24-19(22-14)17(12-21-24)13-23-9-4-3-7-18(23)16-6-5-8-20-11-16/h5-6,8,10-12,18H,3-4,7,9,13H2,1-2H3/t18-/m0/s1. The van der Waals surface area contributed by atoms with Crippen molar-refractivity contribution in [1.29, 1.82) is 0 Å². The summed E-state index contributed by atoms with van der Waals surface area (Å²) in [7, 11) is 0.